The number of hydrogen-bond donors (Lipinski definition) is 4. The molecule has 0 radical (unpaired) electrons. The molecular weight excluding hydrogens is 366 g/mol. The molecule has 1 heterocycles. The van der Waals surface area contributed by atoms with Gasteiger partial charge >= 0.3 is 12.0 Å². The zero-order chi connectivity index (χ0) is 19.3. The Labute approximate surface area is 160 Å². The van der Waals surface area contributed by atoms with Gasteiger partial charge in [-0.15, -0.1) is 11.3 Å². The monoisotopic (exact) mass is 387 g/mol. The van der Waals surface area contributed by atoms with E-state index >= 15 is 0 Å². The van der Waals surface area contributed by atoms with Crippen LogP contribution in [0.5, 0.6) is 0 Å². The maximum Gasteiger partial charge on any atom is 0.324 e. The number of nitrogens with one attached hydrogen (secondary N) is 3. The molecular formula is C19H21N3O4S. The number of carbonyl (C=O) groups is 3. The number of urea groups is 1. The molecule has 1 aliphatic rings. The molecule has 142 valence electrons. The van der Waals surface area contributed by atoms with Crippen LogP contribution in [-0.2, 0) is 4.79 Å². The lowest BCUT2D eigenvalue weighted by atomic mass is 9.93. The number of para-hydroxylation sites is 1. The number of benzene rings is 1. The van der Waals surface area contributed by atoms with Gasteiger partial charge < -0.3 is 15.7 Å². The molecule has 0 atom stereocenters. The van der Waals surface area contributed by atoms with Crippen LogP contribution in [0.15, 0.2) is 42.5 Å². The predicted octanol–water partition coefficient (Wildman–Crippen LogP) is 3.91. The lowest BCUT2D eigenvalue weighted by molar-refractivity contribution is -0.138. The van der Waals surface area contributed by atoms with Gasteiger partial charge in [-0.2, -0.15) is 0 Å². The molecule has 1 aromatic carbocycles. The highest BCUT2D eigenvalue weighted by molar-refractivity contribution is 7.18. The molecule has 1 fully saturated rings. The average molecular weight is 387 g/mol. The van der Waals surface area contributed by atoms with Gasteiger partial charge in [0.2, 0.25) is 0 Å². The van der Waals surface area contributed by atoms with Gasteiger partial charge in [0.25, 0.3) is 5.91 Å². The van der Waals surface area contributed by atoms with E-state index in [-0.39, 0.29) is 12.3 Å². The zero-order valence-electron chi connectivity index (χ0n) is 14.7. The summed E-state index contributed by atoms with van der Waals surface area (Å²) >= 11 is 1.15. The van der Waals surface area contributed by atoms with Crippen molar-refractivity contribution < 1.29 is 19.5 Å². The van der Waals surface area contributed by atoms with E-state index in [2.05, 4.69) is 16.0 Å². The van der Waals surface area contributed by atoms with E-state index in [0.29, 0.717) is 28.4 Å². The molecule has 1 saturated carbocycles. The Morgan fingerprint density at radius 1 is 1.00 bits per heavy atom. The minimum Gasteiger partial charge on any atom is -0.481 e. The second kappa shape index (κ2) is 8.22. The molecule has 0 saturated heterocycles. The Bertz CT molecular complexity index is 828. The summed E-state index contributed by atoms with van der Waals surface area (Å²) in [6.07, 6.45) is 3.08. The molecule has 0 aliphatic heterocycles. The third kappa shape index (κ3) is 5.07. The largest absolute Gasteiger partial charge is 0.481 e. The lowest BCUT2D eigenvalue weighted by Crippen LogP contribution is -2.47. The lowest BCUT2D eigenvalue weighted by Gasteiger charge is -2.28. The normalized spacial score (nSPS) is 15.1. The van der Waals surface area contributed by atoms with Crippen molar-refractivity contribution in [2.75, 3.05) is 10.6 Å². The number of anilines is 2. The van der Waals surface area contributed by atoms with Crippen molar-refractivity contribution in [2.24, 2.45) is 0 Å². The van der Waals surface area contributed by atoms with Crippen LogP contribution in [0.2, 0.25) is 0 Å². The van der Waals surface area contributed by atoms with Gasteiger partial charge in [0.05, 0.1) is 21.8 Å². The highest BCUT2D eigenvalue weighted by Gasteiger charge is 2.37. The minimum absolute atomic E-state index is 0.0747. The number of thiophene rings is 1. The summed E-state index contributed by atoms with van der Waals surface area (Å²) in [5, 5.41) is 18.0. The summed E-state index contributed by atoms with van der Waals surface area (Å²) in [6.45, 7) is 0. The van der Waals surface area contributed by atoms with Gasteiger partial charge in [-0.1, -0.05) is 31.0 Å². The number of rotatable bonds is 6. The van der Waals surface area contributed by atoms with E-state index in [1.54, 1.807) is 24.3 Å². The van der Waals surface area contributed by atoms with Gasteiger partial charge in [0.1, 0.15) is 0 Å². The van der Waals surface area contributed by atoms with Crippen molar-refractivity contribution in [3.8, 4) is 0 Å². The van der Waals surface area contributed by atoms with Crippen LogP contribution < -0.4 is 16.0 Å². The van der Waals surface area contributed by atoms with Crippen molar-refractivity contribution in [1.29, 1.82) is 0 Å². The highest BCUT2D eigenvalue weighted by atomic mass is 32.1. The summed E-state index contributed by atoms with van der Waals surface area (Å²) in [6, 6.07) is 11.9. The molecule has 4 N–H and O–H groups in total. The summed E-state index contributed by atoms with van der Waals surface area (Å²) < 4.78 is 0. The second-order valence-corrected chi connectivity index (χ2v) is 7.70. The van der Waals surface area contributed by atoms with Crippen LogP contribution in [0, 0.1) is 0 Å². The fourth-order valence-corrected chi connectivity index (χ4v) is 4.11. The zero-order valence-corrected chi connectivity index (χ0v) is 15.5. The van der Waals surface area contributed by atoms with Crippen LogP contribution >= 0.6 is 11.3 Å². The topological polar surface area (TPSA) is 108 Å². The predicted molar refractivity (Wildman–Crippen MR) is 104 cm³/mol. The van der Waals surface area contributed by atoms with Crippen LogP contribution in [-0.4, -0.2) is 28.6 Å². The maximum atomic E-state index is 12.6. The number of amides is 3. The van der Waals surface area contributed by atoms with Crippen molar-refractivity contribution in [1.82, 2.24) is 5.32 Å². The Hall–Kier alpha value is -2.87. The second-order valence-electron chi connectivity index (χ2n) is 6.62. The molecule has 7 nitrogen and oxygen atoms in total. The van der Waals surface area contributed by atoms with Gasteiger partial charge in [-0.3, -0.25) is 14.9 Å². The van der Waals surface area contributed by atoms with E-state index in [1.807, 2.05) is 18.2 Å². The molecule has 8 heteroatoms. The Balaban J connectivity index is 1.60. The minimum atomic E-state index is -0.914. The van der Waals surface area contributed by atoms with E-state index in [4.69, 9.17) is 5.11 Å². The van der Waals surface area contributed by atoms with Gasteiger partial charge in [0.15, 0.2) is 0 Å². The van der Waals surface area contributed by atoms with Crippen LogP contribution in [0.1, 0.15) is 41.8 Å². The third-order valence-corrected chi connectivity index (χ3v) is 5.53. The first-order valence-corrected chi connectivity index (χ1v) is 9.55. The molecule has 3 rings (SSSR count). The molecule has 0 unspecified atom stereocenters. The highest BCUT2D eigenvalue weighted by Crippen LogP contribution is 2.33. The number of carboxylic acids is 1. The first-order valence-electron chi connectivity index (χ1n) is 8.73. The molecule has 0 bridgehead atoms. The summed E-state index contributed by atoms with van der Waals surface area (Å²) in [4.78, 5) is 36.2. The summed E-state index contributed by atoms with van der Waals surface area (Å²) in [7, 11) is 0. The fraction of sp³-hybridized carbons (Fsp3) is 0.316. The van der Waals surface area contributed by atoms with Crippen LogP contribution in [0.4, 0.5) is 15.5 Å². The fourth-order valence-electron chi connectivity index (χ4n) is 3.31. The molecule has 2 aromatic rings. The van der Waals surface area contributed by atoms with E-state index in [1.165, 1.54) is 0 Å². The van der Waals surface area contributed by atoms with Gasteiger partial charge in [-0.05, 0) is 37.1 Å². The van der Waals surface area contributed by atoms with Crippen molar-refractivity contribution in [3.63, 3.8) is 0 Å². The van der Waals surface area contributed by atoms with E-state index < -0.39 is 17.5 Å². The summed E-state index contributed by atoms with van der Waals surface area (Å²) in [5.74, 6) is -1.22. The van der Waals surface area contributed by atoms with Gasteiger partial charge in [-0.25, -0.2) is 4.79 Å². The standard InChI is InChI=1S/C19H21N3O4S/c23-16(24)12-19(10-4-5-11-19)22-17(25)14-8-9-15(27-14)21-18(26)20-13-6-2-1-3-7-13/h1-3,6-9H,4-5,10-12H2,(H,22,25)(H,23,24)(H2,20,21,26). The molecule has 1 aromatic heterocycles. The molecule has 27 heavy (non-hydrogen) atoms. The van der Waals surface area contributed by atoms with Crippen molar-refractivity contribution in [3.05, 3.63) is 47.3 Å². The number of aliphatic carboxylic acids is 1. The van der Waals surface area contributed by atoms with E-state index in [0.717, 1.165) is 24.2 Å². The van der Waals surface area contributed by atoms with E-state index in [9.17, 15) is 14.4 Å². The van der Waals surface area contributed by atoms with Crippen molar-refractivity contribution in [2.45, 2.75) is 37.6 Å². The maximum absolute atomic E-state index is 12.6. The first-order chi connectivity index (χ1) is 13.0. The third-order valence-electron chi connectivity index (χ3n) is 4.53. The SMILES string of the molecule is O=C(O)CC1(NC(=O)c2ccc(NC(=O)Nc3ccccc3)s2)CCCC1. The first kappa shape index (κ1) is 18.9. The smallest absolute Gasteiger partial charge is 0.324 e. The van der Waals surface area contributed by atoms with Crippen molar-refractivity contribution >= 4 is 39.9 Å². The van der Waals surface area contributed by atoms with Crippen LogP contribution in [0.25, 0.3) is 0 Å². The molecule has 0 spiro atoms. The van der Waals surface area contributed by atoms with Crippen LogP contribution in [0.3, 0.4) is 0 Å². The average Bonchev–Trinajstić information content (AvgIpc) is 3.25. The number of carboxylic acid groups (broad SMARTS) is 1. The van der Waals surface area contributed by atoms with Gasteiger partial charge in [0, 0.05) is 5.69 Å². The Morgan fingerprint density at radius 3 is 2.37 bits per heavy atom. The Kier molecular flexibility index (Phi) is 5.75. The Morgan fingerprint density at radius 2 is 1.70 bits per heavy atom. The molecule has 1 aliphatic carbocycles. The molecule has 3 amide bonds. The number of hydrogen-bond acceptors (Lipinski definition) is 4. The summed E-state index contributed by atoms with van der Waals surface area (Å²) in [5.41, 5.74) is -0.00748. The number of carbonyl (C=O) groups excluding carboxylic acids is 2. The quantitative estimate of drug-likeness (QED) is 0.603.